The van der Waals surface area contributed by atoms with E-state index in [0.29, 0.717) is 40.2 Å². The molecule has 1 heterocycles. The molecule has 1 fully saturated rings. The molecule has 2 aromatic rings. The molecule has 3 rings (SSSR count). The first-order valence-electron chi connectivity index (χ1n) is 8.92. The molecule has 5 nitrogen and oxygen atoms in total. The van der Waals surface area contributed by atoms with Gasteiger partial charge in [0.05, 0.1) is 29.7 Å². The minimum Gasteiger partial charge on any atom is -0.490 e. The van der Waals surface area contributed by atoms with Crippen molar-refractivity contribution in [2.45, 2.75) is 20.4 Å². The van der Waals surface area contributed by atoms with Crippen molar-refractivity contribution in [3.05, 3.63) is 63.5 Å². The van der Waals surface area contributed by atoms with Crippen molar-refractivity contribution in [3.8, 4) is 11.5 Å². The molecule has 0 radical (unpaired) electrons. The topological polar surface area (TPSA) is 55.8 Å². The van der Waals surface area contributed by atoms with E-state index < -0.39 is 0 Å². The highest BCUT2D eigenvalue weighted by Gasteiger charge is 2.35. The number of amides is 2. The Balaban J connectivity index is 1.87. The molecule has 28 heavy (non-hydrogen) atoms. The lowest BCUT2D eigenvalue weighted by Crippen LogP contribution is -2.27. The zero-order valence-electron chi connectivity index (χ0n) is 15.6. The molecule has 0 saturated carbocycles. The molecule has 0 spiro atoms. The third-order valence-corrected chi connectivity index (χ3v) is 5.16. The number of carbonyl (C=O) groups excluding carboxylic acids is 2. The van der Waals surface area contributed by atoms with E-state index in [4.69, 9.17) is 21.1 Å². The summed E-state index contributed by atoms with van der Waals surface area (Å²) in [7, 11) is 0. The molecule has 0 aromatic heterocycles. The van der Waals surface area contributed by atoms with Gasteiger partial charge in [-0.15, -0.1) is 0 Å². The van der Waals surface area contributed by atoms with Crippen LogP contribution in [0.4, 0.5) is 4.79 Å². The van der Waals surface area contributed by atoms with Gasteiger partial charge in [0.1, 0.15) is 0 Å². The average molecular weight is 418 g/mol. The maximum absolute atomic E-state index is 12.7. The Labute approximate surface area is 173 Å². The van der Waals surface area contributed by atoms with Gasteiger partial charge >= 0.3 is 0 Å². The monoisotopic (exact) mass is 417 g/mol. The van der Waals surface area contributed by atoms with Crippen LogP contribution in [0.5, 0.6) is 11.5 Å². The minimum absolute atomic E-state index is 0.247. The first-order chi connectivity index (χ1) is 13.5. The van der Waals surface area contributed by atoms with Crippen molar-refractivity contribution in [2.24, 2.45) is 0 Å². The molecule has 0 N–H and O–H groups in total. The molecular weight excluding hydrogens is 398 g/mol. The number of imide groups is 1. The van der Waals surface area contributed by atoms with Gasteiger partial charge in [0.15, 0.2) is 11.5 Å². The number of thioether (sulfide) groups is 1. The predicted molar refractivity (Wildman–Crippen MR) is 112 cm³/mol. The smallest absolute Gasteiger partial charge is 0.293 e. The van der Waals surface area contributed by atoms with Crippen LogP contribution in [-0.2, 0) is 11.3 Å². The van der Waals surface area contributed by atoms with Gasteiger partial charge in [-0.2, -0.15) is 0 Å². The quantitative estimate of drug-likeness (QED) is 0.566. The van der Waals surface area contributed by atoms with Crippen molar-refractivity contribution < 1.29 is 19.1 Å². The third kappa shape index (κ3) is 4.51. The van der Waals surface area contributed by atoms with Gasteiger partial charge in [0.2, 0.25) is 0 Å². The first kappa shape index (κ1) is 20.3. The zero-order valence-corrected chi connectivity index (χ0v) is 17.2. The highest BCUT2D eigenvalue weighted by Crippen LogP contribution is 2.39. The van der Waals surface area contributed by atoms with Crippen LogP contribution in [0.15, 0.2) is 47.4 Å². The molecule has 1 saturated heterocycles. The van der Waals surface area contributed by atoms with E-state index in [-0.39, 0.29) is 17.7 Å². The van der Waals surface area contributed by atoms with Gasteiger partial charge in [0.25, 0.3) is 11.1 Å². The summed E-state index contributed by atoms with van der Waals surface area (Å²) < 4.78 is 11.2. The molecular formula is C21H20ClNO4S. The van der Waals surface area contributed by atoms with Gasteiger partial charge in [-0.3, -0.25) is 14.5 Å². The highest BCUT2D eigenvalue weighted by atomic mass is 35.5. The molecule has 0 unspecified atom stereocenters. The fourth-order valence-electron chi connectivity index (χ4n) is 2.77. The first-order valence-corrected chi connectivity index (χ1v) is 10.1. The largest absolute Gasteiger partial charge is 0.490 e. The van der Waals surface area contributed by atoms with E-state index in [1.54, 1.807) is 18.2 Å². The van der Waals surface area contributed by atoms with Crippen LogP contribution in [0.25, 0.3) is 6.08 Å². The van der Waals surface area contributed by atoms with Crippen LogP contribution in [0.1, 0.15) is 25.0 Å². The summed E-state index contributed by atoms with van der Waals surface area (Å²) in [4.78, 5) is 26.6. The molecule has 2 aromatic carbocycles. The van der Waals surface area contributed by atoms with Gasteiger partial charge in [-0.25, -0.2) is 0 Å². The summed E-state index contributed by atoms with van der Waals surface area (Å²) in [6.07, 6.45) is 1.65. The van der Waals surface area contributed by atoms with Gasteiger partial charge in [-0.05, 0) is 54.9 Å². The Bertz CT molecular complexity index is 914. The van der Waals surface area contributed by atoms with E-state index in [2.05, 4.69) is 0 Å². The lowest BCUT2D eigenvalue weighted by molar-refractivity contribution is -0.123. The number of benzene rings is 2. The second-order valence-corrected chi connectivity index (χ2v) is 7.35. The standard InChI is InChI=1S/C21H20ClNO4S/c1-3-26-17-11-15(10-16(22)19(17)27-4-2)12-18-20(24)23(21(25)28-18)13-14-8-6-5-7-9-14/h5-12H,3-4,13H2,1-2H3/b18-12-. The zero-order chi connectivity index (χ0) is 20.1. The SMILES string of the molecule is CCOc1cc(/C=C2\SC(=O)N(Cc3ccccc3)C2=O)cc(Cl)c1OCC. The molecule has 7 heteroatoms. The summed E-state index contributed by atoms with van der Waals surface area (Å²) in [6.45, 7) is 4.88. The molecule has 0 bridgehead atoms. The van der Waals surface area contributed by atoms with Crippen molar-refractivity contribution in [1.29, 1.82) is 0 Å². The summed E-state index contributed by atoms with van der Waals surface area (Å²) in [5.74, 6) is 0.661. The number of nitrogens with zero attached hydrogens (tertiary/aromatic N) is 1. The van der Waals surface area contributed by atoms with E-state index in [1.165, 1.54) is 4.90 Å². The molecule has 2 amide bonds. The van der Waals surface area contributed by atoms with E-state index in [1.807, 2.05) is 44.2 Å². The maximum Gasteiger partial charge on any atom is 0.293 e. The maximum atomic E-state index is 12.7. The highest BCUT2D eigenvalue weighted by molar-refractivity contribution is 8.18. The minimum atomic E-state index is -0.318. The molecule has 146 valence electrons. The Kier molecular flexibility index (Phi) is 6.65. The van der Waals surface area contributed by atoms with E-state index in [0.717, 1.165) is 17.3 Å². The Morgan fingerprint density at radius 2 is 1.79 bits per heavy atom. The number of hydrogen-bond donors (Lipinski definition) is 0. The lowest BCUT2D eigenvalue weighted by Gasteiger charge is -2.13. The fourth-order valence-corrected chi connectivity index (χ4v) is 3.88. The molecule has 0 atom stereocenters. The van der Waals surface area contributed by atoms with E-state index in [9.17, 15) is 9.59 Å². The summed E-state index contributed by atoms with van der Waals surface area (Å²) in [6, 6.07) is 12.9. The van der Waals surface area contributed by atoms with Crippen LogP contribution >= 0.6 is 23.4 Å². The second-order valence-electron chi connectivity index (χ2n) is 5.95. The Hall–Kier alpha value is -2.44. The van der Waals surface area contributed by atoms with Crippen LogP contribution < -0.4 is 9.47 Å². The number of halogens is 1. The van der Waals surface area contributed by atoms with Gasteiger partial charge < -0.3 is 9.47 Å². The predicted octanol–water partition coefficient (Wildman–Crippen LogP) is 5.37. The summed E-state index contributed by atoms with van der Waals surface area (Å²) >= 11 is 7.25. The fraction of sp³-hybridized carbons (Fsp3) is 0.238. The van der Waals surface area contributed by atoms with Crippen LogP contribution in [0.2, 0.25) is 5.02 Å². The van der Waals surface area contributed by atoms with Crippen molar-refractivity contribution in [1.82, 2.24) is 4.90 Å². The van der Waals surface area contributed by atoms with Crippen molar-refractivity contribution >= 4 is 40.6 Å². The number of ether oxygens (including phenoxy) is 2. The molecule has 1 aliphatic rings. The van der Waals surface area contributed by atoms with Crippen LogP contribution in [0, 0.1) is 0 Å². The number of rotatable bonds is 7. The van der Waals surface area contributed by atoms with Crippen molar-refractivity contribution in [3.63, 3.8) is 0 Å². The average Bonchev–Trinajstić information content (AvgIpc) is 2.93. The lowest BCUT2D eigenvalue weighted by atomic mass is 10.1. The van der Waals surface area contributed by atoms with Crippen molar-refractivity contribution in [2.75, 3.05) is 13.2 Å². The molecule has 0 aliphatic carbocycles. The Morgan fingerprint density at radius 1 is 1.07 bits per heavy atom. The molecule has 1 aliphatic heterocycles. The second kappa shape index (κ2) is 9.17. The van der Waals surface area contributed by atoms with E-state index >= 15 is 0 Å². The third-order valence-electron chi connectivity index (χ3n) is 3.98. The van der Waals surface area contributed by atoms with Gasteiger partial charge in [-0.1, -0.05) is 41.9 Å². The Morgan fingerprint density at radius 3 is 2.46 bits per heavy atom. The summed E-state index contributed by atoms with van der Waals surface area (Å²) in [5.41, 5.74) is 1.57. The van der Waals surface area contributed by atoms with Gasteiger partial charge in [0, 0.05) is 0 Å². The normalized spacial score (nSPS) is 15.4. The van der Waals surface area contributed by atoms with Crippen LogP contribution in [-0.4, -0.2) is 29.3 Å². The summed E-state index contributed by atoms with van der Waals surface area (Å²) in [5, 5.41) is 0.102. The number of carbonyl (C=O) groups is 2. The van der Waals surface area contributed by atoms with Crippen LogP contribution in [0.3, 0.4) is 0 Å². The number of hydrogen-bond acceptors (Lipinski definition) is 5.